The second-order valence-corrected chi connectivity index (χ2v) is 6.74. The number of piperidine rings is 1. The molecule has 1 heterocycles. The van der Waals surface area contributed by atoms with Crippen LogP contribution in [0.3, 0.4) is 0 Å². The summed E-state index contributed by atoms with van der Waals surface area (Å²) in [5.74, 6) is 0.815. The highest BCUT2D eigenvalue weighted by atomic mass is 16.1. The number of nitrogens with zero attached hydrogens (tertiary/aromatic N) is 2. The molecule has 2 rings (SSSR count). The van der Waals surface area contributed by atoms with Crippen molar-refractivity contribution in [1.29, 1.82) is 0 Å². The summed E-state index contributed by atoms with van der Waals surface area (Å²) in [7, 11) is 4.09. The fourth-order valence-electron chi connectivity index (χ4n) is 3.05. The van der Waals surface area contributed by atoms with Gasteiger partial charge in [0.25, 0.3) is 5.91 Å². The van der Waals surface area contributed by atoms with E-state index in [0.717, 1.165) is 37.7 Å². The molecule has 1 aromatic rings. The highest BCUT2D eigenvalue weighted by Crippen LogP contribution is 2.14. The molecule has 1 aliphatic rings. The number of carbonyl (C=O) groups is 1. The van der Waals surface area contributed by atoms with E-state index in [-0.39, 0.29) is 5.91 Å². The van der Waals surface area contributed by atoms with Crippen molar-refractivity contribution >= 4 is 5.91 Å². The molecule has 1 unspecified atom stereocenters. The maximum absolute atomic E-state index is 12.1. The molecule has 0 saturated carbocycles. The molecule has 0 spiro atoms. The van der Waals surface area contributed by atoms with Gasteiger partial charge in [0.15, 0.2) is 0 Å². The Morgan fingerprint density at radius 3 is 2.68 bits per heavy atom. The SMILES string of the molecule is CC1CCCN(CCNC(=O)c2ccc(CN(C)C)cc2)C1. The summed E-state index contributed by atoms with van der Waals surface area (Å²) in [6.45, 7) is 7.21. The van der Waals surface area contributed by atoms with Crippen molar-refractivity contribution < 1.29 is 4.79 Å². The third-order valence-corrected chi connectivity index (χ3v) is 4.17. The molecule has 1 aromatic carbocycles. The summed E-state index contributed by atoms with van der Waals surface area (Å²) >= 11 is 0. The molecular formula is C18H29N3O. The number of amides is 1. The summed E-state index contributed by atoms with van der Waals surface area (Å²) in [5.41, 5.74) is 1.97. The fraction of sp³-hybridized carbons (Fsp3) is 0.611. The van der Waals surface area contributed by atoms with Crippen LogP contribution in [0.1, 0.15) is 35.7 Å². The summed E-state index contributed by atoms with van der Waals surface area (Å²) < 4.78 is 0. The number of hydrogen-bond donors (Lipinski definition) is 1. The number of carbonyl (C=O) groups excluding carboxylic acids is 1. The lowest BCUT2D eigenvalue weighted by Crippen LogP contribution is -2.40. The predicted molar refractivity (Wildman–Crippen MR) is 91.0 cm³/mol. The van der Waals surface area contributed by atoms with Crippen LogP contribution in [0.15, 0.2) is 24.3 Å². The Hall–Kier alpha value is -1.39. The minimum atomic E-state index is 0.0291. The van der Waals surface area contributed by atoms with Gasteiger partial charge in [0.2, 0.25) is 0 Å². The first kappa shape index (κ1) is 17.0. The number of likely N-dealkylation sites (tertiary alicyclic amines) is 1. The average Bonchev–Trinajstić information content (AvgIpc) is 2.47. The Morgan fingerprint density at radius 1 is 1.32 bits per heavy atom. The molecule has 0 aliphatic carbocycles. The van der Waals surface area contributed by atoms with Crippen LogP contribution in [0.5, 0.6) is 0 Å². The van der Waals surface area contributed by atoms with E-state index < -0.39 is 0 Å². The van der Waals surface area contributed by atoms with E-state index in [2.05, 4.69) is 22.0 Å². The van der Waals surface area contributed by atoms with Crippen molar-refractivity contribution in [3.8, 4) is 0 Å². The van der Waals surface area contributed by atoms with Crippen LogP contribution in [0.2, 0.25) is 0 Å². The Morgan fingerprint density at radius 2 is 2.05 bits per heavy atom. The summed E-state index contributed by atoms with van der Waals surface area (Å²) in [6.07, 6.45) is 2.62. The van der Waals surface area contributed by atoms with Crippen LogP contribution in [-0.4, -0.2) is 56.0 Å². The lowest BCUT2D eigenvalue weighted by atomic mass is 10.0. The van der Waals surface area contributed by atoms with Crippen LogP contribution in [0.4, 0.5) is 0 Å². The van der Waals surface area contributed by atoms with E-state index in [9.17, 15) is 4.79 Å². The number of hydrogen-bond acceptors (Lipinski definition) is 3. The second-order valence-electron chi connectivity index (χ2n) is 6.74. The molecular weight excluding hydrogens is 274 g/mol. The lowest BCUT2D eigenvalue weighted by Gasteiger charge is -2.30. The normalized spacial score (nSPS) is 19.4. The van der Waals surface area contributed by atoms with E-state index in [1.807, 2.05) is 38.4 Å². The molecule has 4 nitrogen and oxygen atoms in total. The minimum Gasteiger partial charge on any atom is -0.351 e. The number of nitrogens with one attached hydrogen (secondary N) is 1. The molecule has 0 bridgehead atoms. The topological polar surface area (TPSA) is 35.6 Å². The van der Waals surface area contributed by atoms with Gasteiger partial charge in [0, 0.05) is 31.7 Å². The van der Waals surface area contributed by atoms with Gasteiger partial charge < -0.3 is 15.1 Å². The Bertz CT molecular complexity index is 470. The maximum Gasteiger partial charge on any atom is 0.251 e. The first-order valence-electron chi connectivity index (χ1n) is 8.29. The van der Waals surface area contributed by atoms with Crippen LogP contribution in [0, 0.1) is 5.92 Å². The standard InChI is InChI=1S/C18H29N3O/c1-15-5-4-11-21(13-15)12-10-19-18(22)17-8-6-16(7-9-17)14-20(2)3/h6-9,15H,4-5,10-14H2,1-3H3,(H,19,22). The maximum atomic E-state index is 12.1. The van der Waals surface area contributed by atoms with Crippen LogP contribution >= 0.6 is 0 Å². The van der Waals surface area contributed by atoms with Crippen molar-refractivity contribution in [2.24, 2.45) is 5.92 Å². The molecule has 1 fully saturated rings. The van der Waals surface area contributed by atoms with Gasteiger partial charge in [-0.05, 0) is 57.1 Å². The zero-order valence-corrected chi connectivity index (χ0v) is 14.1. The molecule has 0 aromatic heterocycles. The molecule has 1 saturated heterocycles. The summed E-state index contributed by atoms with van der Waals surface area (Å²) in [4.78, 5) is 16.7. The van der Waals surface area contributed by atoms with Gasteiger partial charge in [-0.15, -0.1) is 0 Å². The predicted octanol–water partition coefficient (Wildman–Crippen LogP) is 2.21. The van der Waals surface area contributed by atoms with Crippen molar-refractivity contribution in [2.75, 3.05) is 40.3 Å². The smallest absolute Gasteiger partial charge is 0.251 e. The van der Waals surface area contributed by atoms with Crippen molar-refractivity contribution in [3.63, 3.8) is 0 Å². The van der Waals surface area contributed by atoms with Gasteiger partial charge in [-0.2, -0.15) is 0 Å². The lowest BCUT2D eigenvalue weighted by molar-refractivity contribution is 0.0944. The van der Waals surface area contributed by atoms with Gasteiger partial charge >= 0.3 is 0 Å². The Kier molecular flexibility index (Phi) is 6.40. The minimum absolute atomic E-state index is 0.0291. The quantitative estimate of drug-likeness (QED) is 0.875. The molecule has 122 valence electrons. The van der Waals surface area contributed by atoms with E-state index >= 15 is 0 Å². The summed E-state index contributed by atoms with van der Waals surface area (Å²) in [6, 6.07) is 7.89. The Balaban J connectivity index is 1.74. The van der Waals surface area contributed by atoms with Crippen LogP contribution < -0.4 is 5.32 Å². The van der Waals surface area contributed by atoms with Crippen molar-refractivity contribution in [2.45, 2.75) is 26.3 Å². The molecule has 0 radical (unpaired) electrons. The highest BCUT2D eigenvalue weighted by Gasteiger charge is 2.15. The second kappa shape index (κ2) is 8.30. The number of benzene rings is 1. The van der Waals surface area contributed by atoms with E-state index in [4.69, 9.17) is 0 Å². The largest absolute Gasteiger partial charge is 0.351 e. The third kappa shape index (κ3) is 5.43. The molecule has 1 amide bonds. The molecule has 22 heavy (non-hydrogen) atoms. The molecule has 1 atom stereocenters. The zero-order valence-electron chi connectivity index (χ0n) is 14.1. The zero-order chi connectivity index (χ0) is 15.9. The molecule has 1 N–H and O–H groups in total. The van der Waals surface area contributed by atoms with E-state index in [1.165, 1.54) is 24.9 Å². The summed E-state index contributed by atoms with van der Waals surface area (Å²) in [5, 5.41) is 3.03. The first-order chi connectivity index (χ1) is 10.5. The van der Waals surface area contributed by atoms with Gasteiger partial charge in [0.05, 0.1) is 0 Å². The molecule has 1 aliphatic heterocycles. The molecule has 4 heteroatoms. The highest BCUT2D eigenvalue weighted by molar-refractivity contribution is 5.94. The van der Waals surface area contributed by atoms with Crippen molar-refractivity contribution in [3.05, 3.63) is 35.4 Å². The number of rotatable bonds is 6. The third-order valence-electron chi connectivity index (χ3n) is 4.17. The van der Waals surface area contributed by atoms with Gasteiger partial charge in [-0.25, -0.2) is 0 Å². The monoisotopic (exact) mass is 303 g/mol. The average molecular weight is 303 g/mol. The van der Waals surface area contributed by atoms with Gasteiger partial charge in [-0.1, -0.05) is 19.1 Å². The van der Waals surface area contributed by atoms with Gasteiger partial charge in [-0.3, -0.25) is 4.79 Å². The van der Waals surface area contributed by atoms with Gasteiger partial charge in [0.1, 0.15) is 0 Å². The van der Waals surface area contributed by atoms with Crippen LogP contribution in [-0.2, 0) is 6.54 Å². The van der Waals surface area contributed by atoms with E-state index in [0.29, 0.717) is 0 Å². The van der Waals surface area contributed by atoms with Crippen LogP contribution in [0.25, 0.3) is 0 Å². The fourth-order valence-corrected chi connectivity index (χ4v) is 3.05. The van der Waals surface area contributed by atoms with E-state index in [1.54, 1.807) is 0 Å². The first-order valence-corrected chi connectivity index (χ1v) is 8.29. The van der Waals surface area contributed by atoms with Crippen molar-refractivity contribution in [1.82, 2.24) is 15.1 Å². The Labute approximate surface area is 134 Å².